The van der Waals surface area contributed by atoms with Crippen molar-refractivity contribution in [1.82, 2.24) is 5.32 Å². The van der Waals surface area contributed by atoms with Crippen LogP contribution in [0, 0.1) is 0 Å². The molecule has 0 aromatic rings. The molecule has 0 amide bonds. The lowest BCUT2D eigenvalue weighted by atomic mass is 9.80. The fourth-order valence-electron chi connectivity index (χ4n) is 1.19. The first kappa shape index (κ1) is 9.04. The van der Waals surface area contributed by atoms with Crippen LogP contribution in [-0.4, -0.2) is 23.8 Å². The van der Waals surface area contributed by atoms with Gasteiger partial charge in [-0.2, -0.15) is 0 Å². The summed E-state index contributed by atoms with van der Waals surface area (Å²) in [6, 6.07) is 0. The van der Waals surface area contributed by atoms with Crippen LogP contribution in [0.15, 0.2) is 11.6 Å². The van der Waals surface area contributed by atoms with Gasteiger partial charge in [-0.15, -0.1) is 0 Å². The van der Waals surface area contributed by atoms with Crippen molar-refractivity contribution in [2.24, 2.45) is 0 Å². The summed E-state index contributed by atoms with van der Waals surface area (Å²) in [4.78, 5) is 0. The molecular weight excluding hydrogens is 162 g/mol. The first-order valence-electron chi connectivity index (χ1n) is 3.95. The van der Waals surface area contributed by atoms with Crippen molar-refractivity contribution in [2.75, 3.05) is 13.1 Å². The van der Waals surface area contributed by atoms with Gasteiger partial charge in [0.25, 0.3) is 0 Å². The Hall–Kier alpha value is -0.0500. The molecule has 1 fully saturated rings. The highest BCUT2D eigenvalue weighted by molar-refractivity contribution is 6.25. The van der Waals surface area contributed by atoms with Gasteiger partial charge in [0.15, 0.2) is 0 Å². The maximum absolute atomic E-state index is 9.59. The van der Waals surface area contributed by atoms with Gasteiger partial charge >= 0.3 is 0 Å². The zero-order chi connectivity index (χ0) is 8.16. The highest BCUT2D eigenvalue weighted by Crippen LogP contribution is 2.30. The van der Waals surface area contributed by atoms with E-state index in [1.165, 1.54) is 5.54 Å². The molecule has 0 aliphatic heterocycles. The van der Waals surface area contributed by atoms with Crippen molar-refractivity contribution in [3.05, 3.63) is 11.6 Å². The van der Waals surface area contributed by atoms with Crippen LogP contribution in [-0.2, 0) is 0 Å². The van der Waals surface area contributed by atoms with Gasteiger partial charge < -0.3 is 10.4 Å². The van der Waals surface area contributed by atoms with Gasteiger partial charge in [-0.05, 0) is 19.3 Å². The van der Waals surface area contributed by atoms with Crippen LogP contribution in [0.4, 0.5) is 0 Å². The summed E-state index contributed by atoms with van der Waals surface area (Å²) in [7, 11) is 0. The van der Waals surface area contributed by atoms with Crippen molar-refractivity contribution >= 4 is 11.6 Å². The molecule has 0 saturated heterocycles. The second-order valence-electron chi connectivity index (χ2n) is 3.07. The Labute approximate surface area is 72.2 Å². The molecule has 1 rings (SSSR count). The second kappa shape index (κ2) is 4.10. The van der Waals surface area contributed by atoms with E-state index in [9.17, 15) is 5.11 Å². The molecule has 2 N–H and O–H groups in total. The van der Waals surface area contributed by atoms with Gasteiger partial charge in [-0.3, -0.25) is 0 Å². The van der Waals surface area contributed by atoms with E-state index in [-0.39, 0.29) is 0 Å². The summed E-state index contributed by atoms with van der Waals surface area (Å²) in [6.45, 7) is 1.43. The smallest absolute Gasteiger partial charge is 0.0771 e. The predicted octanol–water partition coefficient (Wildman–Crippen LogP) is 1.24. The van der Waals surface area contributed by atoms with Crippen molar-refractivity contribution in [2.45, 2.75) is 24.9 Å². The van der Waals surface area contributed by atoms with Crippen LogP contribution in [0.5, 0.6) is 0 Å². The average Bonchev–Trinajstić information content (AvgIpc) is 1.95. The van der Waals surface area contributed by atoms with E-state index in [0.29, 0.717) is 6.54 Å². The van der Waals surface area contributed by atoms with Gasteiger partial charge in [0, 0.05) is 18.6 Å². The van der Waals surface area contributed by atoms with Crippen LogP contribution in [0.25, 0.3) is 0 Å². The van der Waals surface area contributed by atoms with Crippen molar-refractivity contribution < 1.29 is 5.11 Å². The Morgan fingerprint density at radius 2 is 2.27 bits per heavy atom. The molecule has 0 aromatic heterocycles. The quantitative estimate of drug-likeness (QED) is 0.631. The molecule has 0 heterocycles. The Morgan fingerprint density at radius 1 is 1.55 bits per heavy atom. The molecule has 0 radical (unpaired) electrons. The molecule has 0 spiro atoms. The number of hydrogen-bond acceptors (Lipinski definition) is 2. The van der Waals surface area contributed by atoms with E-state index in [0.717, 1.165) is 25.8 Å². The van der Waals surface area contributed by atoms with Gasteiger partial charge in [-0.25, -0.2) is 0 Å². The first-order valence-corrected chi connectivity index (χ1v) is 4.39. The standard InChI is InChI=1S/C8H14ClNO/c9-5-2-6-10-7-8(11)3-1-4-8/h2,5,10-11H,1,3-4,6-7H2/b5-2+. The topological polar surface area (TPSA) is 32.3 Å². The van der Waals surface area contributed by atoms with Crippen LogP contribution in [0.2, 0.25) is 0 Å². The minimum atomic E-state index is -0.417. The third-order valence-corrected chi connectivity index (χ3v) is 2.27. The number of hydrogen-bond donors (Lipinski definition) is 2. The van der Waals surface area contributed by atoms with E-state index in [1.54, 1.807) is 0 Å². The predicted molar refractivity (Wildman–Crippen MR) is 46.7 cm³/mol. The van der Waals surface area contributed by atoms with E-state index in [1.807, 2.05) is 6.08 Å². The van der Waals surface area contributed by atoms with Crippen LogP contribution < -0.4 is 5.32 Å². The molecule has 2 nitrogen and oxygen atoms in total. The van der Waals surface area contributed by atoms with Crippen molar-refractivity contribution in [3.8, 4) is 0 Å². The molecular formula is C8H14ClNO. The van der Waals surface area contributed by atoms with Crippen LogP contribution in [0.3, 0.4) is 0 Å². The Kier molecular flexibility index (Phi) is 3.37. The average molecular weight is 176 g/mol. The summed E-state index contributed by atoms with van der Waals surface area (Å²) in [5.74, 6) is 0. The highest BCUT2D eigenvalue weighted by Gasteiger charge is 2.33. The van der Waals surface area contributed by atoms with Gasteiger partial charge in [0.1, 0.15) is 0 Å². The molecule has 1 aliphatic rings. The first-order chi connectivity index (χ1) is 5.27. The lowest BCUT2D eigenvalue weighted by Crippen LogP contribution is -2.46. The molecule has 0 unspecified atom stereocenters. The summed E-state index contributed by atoms with van der Waals surface area (Å²) in [5.41, 5.74) is 1.07. The van der Waals surface area contributed by atoms with E-state index in [4.69, 9.17) is 11.6 Å². The highest BCUT2D eigenvalue weighted by atomic mass is 35.5. The van der Waals surface area contributed by atoms with E-state index < -0.39 is 5.60 Å². The molecule has 0 aromatic carbocycles. The molecule has 64 valence electrons. The minimum absolute atomic E-state index is 0.417. The van der Waals surface area contributed by atoms with Gasteiger partial charge in [0.05, 0.1) is 5.60 Å². The third kappa shape index (κ3) is 2.81. The maximum atomic E-state index is 9.59. The monoisotopic (exact) mass is 175 g/mol. The van der Waals surface area contributed by atoms with Crippen LogP contribution >= 0.6 is 11.6 Å². The lowest BCUT2D eigenvalue weighted by Gasteiger charge is -2.36. The van der Waals surface area contributed by atoms with Crippen molar-refractivity contribution in [3.63, 3.8) is 0 Å². The molecule has 1 aliphatic carbocycles. The number of nitrogens with one attached hydrogen (secondary N) is 1. The summed E-state index contributed by atoms with van der Waals surface area (Å²) >= 11 is 5.32. The summed E-state index contributed by atoms with van der Waals surface area (Å²) in [6.07, 6.45) is 4.85. The Balaban J connectivity index is 2.02. The minimum Gasteiger partial charge on any atom is -0.389 e. The summed E-state index contributed by atoms with van der Waals surface area (Å²) in [5, 5.41) is 12.7. The zero-order valence-corrected chi connectivity index (χ0v) is 7.27. The SMILES string of the molecule is OC1(CNC/C=C/Cl)CCC1. The number of aliphatic hydroxyl groups is 1. The van der Waals surface area contributed by atoms with Crippen molar-refractivity contribution in [1.29, 1.82) is 0 Å². The lowest BCUT2D eigenvalue weighted by molar-refractivity contribution is -0.0305. The molecule has 1 saturated carbocycles. The Bertz CT molecular complexity index is 143. The second-order valence-corrected chi connectivity index (χ2v) is 3.32. The third-order valence-electron chi connectivity index (χ3n) is 2.09. The number of rotatable bonds is 4. The molecule has 0 bridgehead atoms. The maximum Gasteiger partial charge on any atom is 0.0771 e. The normalized spacial score (nSPS) is 22.0. The largest absolute Gasteiger partial charge is 0.389 e. The fourth-order valence-corrected chi connectivity index (χ4v) is 1.28. The molecule has 0 atom stereocenters. The zero-order valence-electron chi connectivity index (χ0n) is 6.52. The van der Waals surface area contributed by atoms with Gasteiger partial charge in [-0.1, -0.05) is 17.7 Å². The summed E-state index contributed by atoms with van der Waals surface area (Å²) < 4.78 is 0. The molecule has 3 heteroatoms. The van der Waals surface area contributed by atoms with E-state index in [2.05, 4.69) is 5.32 Å². The Morgan fingerprint density at radius 3 is 2.73 bits per heavy atom. The van der Waals surface area contributed by atoms with Gasteiger partial charge in [0.2, 0.25) is 0 Å². The van der Waals surface area contributed by atoms with E-state index >= 15 is 0 Å². The fraction of sp³-hybridized carbons (Fsp3) is 0.750. The number of halogens is 1. The molecule has 11 heavy (non-hydrogen) atoms. The van der Waals surface area contributed by atoms with Crippen LogP contribution in [0.1, 0.15) is 19.3 Å².